The van der Waals surface area contributed by atoms with Gasteiger partial charge < -0.3 is 28.8 Å². The van der Waals surface area contributed by atoms with Gasteiger partial charge in [-0.15, -0.1) is 0 Å². The number of carboxylic acid groups (broad SMARTS) is 1. The molecule has 0 spiro atoms. The van der Waals surface area contributed by atoms with Crippen LogP contribution in [0.1, 0.15) is 27.2 Å². The van der Waals surface area contributed by atoms with Crippen LogP contribution in [0.3, 0.4) is 0 Å². The summed E-state index contributed by atoms with van der Waals surface area (Å²) in [6, 6.07) is 25.7. The average molecular weight is 560 g/mol. The molecule has 0 bridgehead atoms. The van der Waals surface area contributed by atoms with Crippen molar-refractivity contribution in [1.82, 2.24) is 0 Å². The van der Waals surface area contributed by atoms with Crippen LogP contribution in [-0.2, 0) is 9.22 Å². The molecule has 1 aliphatic heterocycles. The van der Waals surface area contributed by atoms with Crippen LogP contribution in [0.25, 0.3) is 0 Å². The van der Waals surface area contributed by atoms with Crippen molar-refractivity contribution in [3.8, 4) is 17.2 Å². The number of rotatable bonds is 9. The number of aliphatic hydroxyl groups is 1. The Labute approximate surface area is 236 Å². The van der Waals surface area contributed by atoms with Crippen molar-refractivity contribution in [3.63, 3.8) is 0 Å². The molecule has 1 saturated carbocycles. The highest BCUT2D eigenvalue weighted by Gasteiger charge is 2.63. The fourth-order valence-corrected chi connectivity index (χ4v) is 8.07. The smallest absolute Gasteiger partial charge is 0.341 e. The van der Waals surface area contributed by atoms with Crippen LogP contribution in [0.2, 0.25) is 0 Å². The Bertz CT molecular complexity index is 1300. The first-order chi connectivity index (χ1) is 19.2. The van der Waals surface area contributed by atoms with Crippen molar-refractivity contribution in [2.75, 3.05) is 13.2 Å². The first-order valence-electron chi connectivity index (χ1n) is 13.5. The number of carboxylic acids is 1. The Kier molecular flexibility index (Phi) is 8.03. The SMILES string of the molecule is CC(C)(C)[C@H]1C[C@@H]2Oc3c(OCC(=O)O)cccc3O[C@H]2[C@]1(C=CCO)O[Si](c1ccccc1)c1ccccc1. The van der Waals surface area contributed by atoms with Crippen molar-refractivity contribution < 1.29 is 33.6 Å². The van der Waals surface area contributed by atoms with E-state index in [-0.39, 0.29) is 24.0 Å². The third kappa shape index (κ3) is 5.52. The van der Waals surface area contributed by atoms with E-state index in [9.17, 15) is 9.90 Å². The van der Waals surface area contributed by atoms with E-state index in [1.165, 1.54) is 0 Å². The maximum absolute atomic E-state index is 11.2. The predicted molar refractivity (Wildman–Crippen MR) is 154 cm³/mol. The normalized spacial score (nSPS) is 23.8. The summed E-state index contributed by atoms with van der Waals surface area (Å²) >= 11 is 0. The standard InChI is InChI=1S/C32H35O7Si/c1-31(2,3)27-20-26-30(38-25-17-10-16-24(29(25)37-26)36-21-28(34)35)32(27,18-11-19-33)39-40(22-12-6-4-7-13-22)23-14-8-5-9-15-23/h4-18,26-27,30,33H,19-21H2,1-3H3,(H,34,35)/t26-,27+,30+,32+/m0/s1. The zero-order chi connectivity index (χ0) is 28.3. The third-order valence-corrected chi connectivity index (χ3v) is 9.77. The van der Waals surface area contributed by atoms with Crippen LogP contribution >= 0.6 is 0 Å². The van der Waals surface area contributed by atoms with E-state index < -0.39 is 33.3 Å². The highest BCUT2D eigenvalue weighted by Crippen LogP contribution is 2.55. The molecule has 40 heavy (non-hydrogen) atoms. The van der Waals surface area contributed by atoms with Gasteiger partial charge in [-0.05, 0) is 34.3 Å². The second-order valence-corrected chi connectivity index (χ2v) is 13.2. The van der Waals surface area contributed by atoms with E-state index in [1.807, 2.05) is 42.5 Å². The summed E-state index contributed by atoms with van der Waals surface area (Å²) in [5, 5.41) is 21.3. The molecular weight excluding hydrogens is 524 g/mol. The average Bonchev–Trinajstić information content (AvgIpc) is 3.27. The van der Waals surface area contributed by atoms with Crippen LogP contribution in [0, 0.1) is 11.3 Å². The minimum atomic E-state index is -1.77. The first-order valence-corrected chi connectivity index (χ1v) is 14.9. The molecule has 209 valence electrons. The van der Waals surface area contributed by atoms with Gasteiger partial charge in [0.05, 0.1) is 6.61 Å². The summed E-state index contributed by atoms with van der Waals surface area (Å²) in [7, 11) is -1.77. The van der Waals surface area contributed by atoms with Crippen LogP contribution in [0.5, 0.6) is 17.2 Å². The lowest BCUT2D eigenvalue weighted by atomic mass is 9.71. The maximum atomic E-state index is 11.2. The van der Waals surface area contributed by atoms with E-state index in [4.69, 9.17) is 23.7 Å². The molecule has 3 aromatic rings. The van der Waals surface area contributed by atoms with Crippen LogP contribution in [-0.4, -0.2) is 56.2 Å². The van der Waals surface area contributed by atoms with E-state index in [2.05, 4.69) is 45.0 Å². The fraction of sp³-hybridized carbons (Fsp3) is 0.344. The van der Waals surface area contributed by atoms with Crippen molar-refractivity contribution in [2.24, 2.45) is 11.3 Å². The number of hydrogen-bond donors (Lipinski definition) is 2. The molecular formula is C32H35O7Si. The van der Waals surface area contributed by atoms with Crippen molar-refractivity contribution in [2.45, 2.75) is 45.0 Å². The van der Waals surface area contributed by atoms with Gasteiger partial charge in [-0.1, -0.05) is 99.7 Å². The molecule has 0 saturated heterocycles. The highest BCUT2D eigenvalue weighted by atomic mass is 28.3. The molecule has 0 unspecified atom stereocenters. The monoisotopic (exact) mass is 559 g/mol. The lowest BCUT2D eigenvalue weighted by molar-refractivity contribution is -0.139. The minimum Gasteiger partial charge on any atom is -0.479 e. The molecule has 7 nitrogen and oxygen atoms in total. The van der Waals surface area contributed by atoms with Gasteiger partial charge in [0, 0.05) is 5.92 Å². The number of ether oxygens (including phenoxy) is 3. The zero-order valence-electron chi connectivity index (χ0n) is 22.9. The molecule has 4 atom stereocenters. The number of fused-ring (bicyclic) bond motifs is 2. The lowest BCUT2D eigenvalue weighted by Crippen LogP contribution is -2.60. The largest absolute Gasteiger partial charge is 0.479 e. The molecule has 8 heteroatoms. The van der Waals surface area contributed by atoms with E-state index in [1.54, 1.807) is 24.3 Å². The topological polar surface area (TPSA) is 94.5 Å². The summed E-state index contributed by atoms with van der Waals surface area (Å²) < 4.78 is 26.2. The molecule has 0 aromatic heterocycles. The molecule has 1 fully saturated rings. The summed E-state index contributed by atoms with van der Waals surface area (Å²) in [5.41, 5.74) is -1.14. The Morgan fingerprint density at radius 3 is 2.23 bits per heavy atom. The molecule has 1 aliphatic carbocycles. The minimum absolute atomic E-state index is 0.0390. The molecule has 2 N–H and O–H groups in total. The molecule has 3 aromatic carbocycles. The number of benzene rings is 3. The number of aliphatic hydroxyl groups excluding tert-OH is 1. The van der Waals surface area contributed by atoms with E-state index in [0.717, 1.165) is 10.4 Å². The van der Waals surface area contributed by atoms with Crippen molar-refractivity contribution >= 4 is 25.4 Å². The highest BCUT2D eigenvalue weighted by molar-refractivity contribution is 6.80. The van der Waals surface area contributed by atoms with Gasteiger partial charge in [-0.3, -0.25) is 0 Å². The molecule has 0 amide bonds. The van der Waals surface area contributed by atoms with Crippen LogP contribution in [0.4, 0.5) is 0 Å². The maximum Gasteiger partial charge on any atom is 0.341 e. The Morgan fingerprint density at radius 2 is 1.65 bits per heavy atom. The first kappa shape index (κ1) is 28.0. The Morgan fingerprint density at radius 1 is 1.00 bits per heavy atom. The van der Waals surface area contributed by atoms with Crippen LogP contribution < -0.4 is 24.6 Å². The molecule has 2 aliphatic rings. The van der Waals surface area contributed by atoms with Crippen molar-refractivity contribution in [1.29, 1.82) is 0 Å². The third-order valence-electron chi connectivity index (χ3n) is 7.49. The Hall–Kier alpha value is -3.59. The fourth-order valence-electron chi connectivity index (χ4n) is 5.83. The van der Waals surface area contributed by atoms with Gasteiger partial charge in [-0.25, -0.2) is 4.79 Å². The number of carbonyl (C=O) groups is 1. The predicted octanol–water partition coefficient (Wildman–Crippen LogP) is 3.83. The van der Waals surface area contributed by atoms with Gasteiger partial charge in [0.25, 0.3) is 9.04 Å². The van der Waals surface area contributed by atoms with Crippen molar-refractivity contribution in [3.05, 3.63) is 91.0 Å². The summed E-state index contributed by atoms with van der Waals surface area (Å²) in [6.45, 7) is 5.94. The zero-order valence-corrected chi connectivity index (χ0v) is 23.9. The molecule has 1 radical (unpaired) electrons. The van der Waals surface area contributed by atoms with Gasteiger partial charge in [0.1, 0.15) is 11.7 Å². The van der Waals surface area contributed by atoms with Gasteiger partial charge in [0.15, 0.2) is 24.2 Å². The van der Waals surface area contributed by atoms with Crippen LogP contribution in [0.15, 0.2) is 91.0 Å². The summed E-state index contributed by atoms with van der Waals surface area (Å²) in [5.74, 6) is 0.0867. The lowest BCUT2D eigenvalue weighted by Gasteiger charge is -2.46. The van der Waals surface area contributed by atoms with E-state index in [0.29, 0.717) is 23.7 Å². The number of para-hydroxylation sites is 1. The molecule has 1 heterocycles. The van der Waals surface area contributed by atoms with Gasteiger partial charge >= 0.3 is 5.97 Å². The van der Waals surface area contributed by atoms with Gasteiger partial charge in [0.2, 0.25) is 5.75 Å². The molecule has 5 rings (SSSR count). The second kappa shape index (κ2) is 11.5. The quantitative estimate of drug-likeness (QED) is 0.304. The second-order valence-electron chi connectivity index (χ2n) is 11.2. The Balaban J connectivity index is 1.62. The number of aliphatic carboxylic acids is 1. The van der Waals surface area contributed by atoms with Gasteiger partial charge in [-0.2, -0.15) is 0 Å². The summed E-state index contributed by atoms with van der Waals surface area (Å²) in [6.07, 6.45) is 3.44. The number of hydrogen-bond acceptors (Lipinski definition) is 6. The summed E-state index contributed by atoms with van der Waals surface area (Å²) in [4.78, 5) is 11.2. The van der Waals surface area contributed by atoms with E-state index >= 15 is 0 Å².